The minimum absolute atomic E-state index is 0.00725. The van der Waals surface area contributed by atoms with Gasteiger partial charge in [-0.1, -0.05) is 36.4 Å². The summed E-state index contributed by atoms with van der Waals surface area (Å²) in [5.41, 5.74) is 1.64. The molecule has 0 spiro atoms. The van der Waals surface area contributed by atoms with E-state index < -0.39 is 24.4 Å². The van der Waals surface area contributed by atoms with Crippen molar-refractivity contribution in [3.05, 3.63) is 66.2 Å². The predicted octanol–water partition coefficient (Wildman–Crippen LogP) is 0.645. The van der Waals surface area contributed by atoms with E-state index in [0.29, 0.717) is 18.7 Å². The van der Waals surface area contributed by atoms with Gasteiger partial charge in [-0.3, -0.25) is 9.59 Å². The molecule has 2 amide bonds. The van der Waals surface area contributed by atoms with E-state index in [-0.39, 0.29) is 24.8 Å². The Hall–Kier alpha value is -2.94. The number of aliphatic hydroxyl groups is 2. The van der Waals surface area contributed by atoms with Crippen molar-refractivity contribution in [2.24, 2.45) is 0 Å². The van der Waals surface area contributed by atoms with Gasteiger partial charge in [0.1, 0.15) is 18.3 Å². The van der Waals surface area contributed by atoms with Crippen molar-refractivity contribution in [1.82, 2.24) is 10.2 Å². The van der Waals surface area contributed by atoms with Crippen molar-refractivity contribution in [1.29, 1.82) is 0 Å². The standard InChI is InChI=1S/C24H29N3O5/c28-21(27-13-11-26(12-14-27)18-9-5-2-6-10-18)15-19-22(29)23(30)20(32-19)16-25-24(31)17-7-3-1-4-8-17/h1-10,19-20,22-23,29-30H,11-16H2,(H,25,31). The maximum atomic E-state index is 12.8. The van der Waals surface area contributed by atoms with E-state index in [1.165, 1.54) is 0 Å². The third-order valence-electron chi connectivity index (χ3n) is 6.09. The van der Waals surface area contributed by atoms with Gasteiger partial charge >= 0.3 is 0 Å². The van der Waals surface area contributed by atoms with Crippen molar-refractivity contribution in [2.45, 2.75) is 30.8 Å². The molecule has 32 heavy (non-hydrogen) atoms. The van der Waals surface area contributed by atoms with Gasteiger partial charge in [-0.15, -0.1) is 0 Å². The van der Waals surface area contributed by atoms with E-state index in [1.54, 1.807) is 29.2 Å². The van der Waals surface area contributed by atoms with Gasteiger partial charge in [-0.2, -0.15) is 0 Å². The van der Waals surface area contributed by atoms with Crippen LogP contribution in [0.2, 0.25) is 0 Å². The van der Waals surface area contributed by atoms with Gasteiger partial charge in [0.2, 0.25) is 5.91 Å². The average Bonchev–Trinajstić information content (AvgIpc) is 3.11. The van der Waals surface area contributed by atoms with E-state index in [1.807, 2.05) is 24.3 Å². The first-order valence-corrected chi connectivity index (χ1v) is 11.0. The van der Waals surface area contributed by atoms with Gasteiger partial charge in [0.15, 0.2) is 0 Å². The van der Waals surface area contributed by atoms with Crippen LogP contribution in [0.4, 0.5) is 5.69 Å². The van der Waals surface area contributed by atoms with Gasteiger partial charge in [0.05, 0.1) is 12.5 Å². The summed E-state index contributed by atoms with van der Waals surface area (Å²) in [5.74, 6) is -0.394. The molecule has 8 nitrogen and oxygen atoms in total. The smallest absolute Gasteiger partial charge is 0.251 e. The monoisotopic (exact) mass is 439 g/mol. The highest BCUT2D eigenvalue weighted by atomic mass is 16.5. The fourth-order valence-corrected chi connectivity index (χ4v) is 4.20. The zero-order valence-electron chi connectivity index (χ0n) is 17.8. The maximum Gasteiger partial charge on any atom is 0.251 e. The summed E-state index contributed by atoms with van der Waals surface area (Å²) in [5, 5.41) is 23.4. The zero-order valence-corrected chi connectivity index (χ0v) is 17.8. The number of benzene rings is 2. The molecule has 4 unspecified atom stereocenters. The predicted molar refractivity (Wildman–Crippen MR) is 119 cm³/mol. The first-order chi connectivity index (χ1) is 15.5. The van der Waals surface area contributed by atoms with Crippen molar-refractivity contribution in [3.63, 3.8) is 0 Å². The number of ether oxygens (including phenoxy) is 1. The Balaban J connectivity index is 1.25. The number of hydrogen-bond acceptors (Lipinski definition) is 6. The van der Waals surface area contributed by atoms with Gasteiger partial charge in [0, 0.05) is 44.0 Å². The Morgan fingerprint density at radius 1 is 0.875 bits per heavy atom. The molecule has 4 atom stereocenters. The molecule has 2 aromatic rings. The molecule has 2 aromatic carbocycles. The summed E-state index contributed by atoms with van der Waals surface area (Å²) in [6.45, 7) is 2.71. The topological polar surface area (TPSA) is 102 Å². The number of para-hydroxylation sites is 1. The number of carbonyl (C=O) groups excluding carboxylic acids is 2. The van der Waals surface area contributed by atoms with Crippen LogP contribution in [0.25, 0.3) is 0 Å². The van der Waals surface area contributed by atoms with E-state index in [9.17, 15) is 19.8 Å². The minimum atomic E-state index is -1.18. The number of carbonyl (C=O) groups is 2. The number of anilines is 1. The molecule has 2 heterocycles. The molecular weight excluding hydrogens is 410 g/mol. The van der Waals surface area contributed by atoms with Crippen LogP contribution in [0.5, 0.6) is 0 Å². The molecule has 2 aliphatic heterocycles. The molecule has 2 aliphatic rings. The fraction of sp³-hybridized carbons (Fsp3) is 0.417. The van der Waals surface area contributed by atoms with Gasteiger partial charge in [-0.05, 0) is 24.3 Å². The van der Waals surface area contributed by atoms with Crippen molar-refractivity contribution in [3.8, 4) is 0 Å². The summed E-state index contributed by atoms with van der Waals surface area (Å²) in [6.07, 6.45) is -3.93. The normalized spacial score (nSPS) is 25.6. The van der Waals surface area contributed by atoms with Crippen LogP contribution in [-0.4, -0.2) is 84.1 Å². The van der Waals surface area contributed by atoms with E-state index >= 15 is 0 Å². The van der Waals surface area contributed by atoms with Crippen molar-refractivity contribution < 1.29 is 24.5 Å². The number of piperazine rings is 1. The van der Waals surface area contributed by atoms with E-state index in [2.05, 4.69) is 22.3 Å². The molecular formula is C24H29N3O5. The number of aliphatic hydroxyl groups excluding tert-OH is 2. The Morgan fingerprint density at radius 2 is 1.47 bits per heavy atom. The first-order valence-electron chi connectivity index (χ1n) is 11.0. The Bertz CT molecular complexity index is 902. The highest BCUT2D eigenvalue weighted by Crippen LogP contribution is 2.25. The van der Waals surface area contributed by atoms with Gasteiger partial charge < -0.3 is 30.1 Å². The average molecular weight is 440 g/mol. The molecule has 4 rings (SSSR count). The third-order valence-corrected chi connectivity index (χ3v) is 6.09. The lowest BCUT2D eigenvalue weighted by Crippen LogP contribution is -2.49. The second-order valence-corrected chi connectivity index (χ2v) is 8.18. The minimum Gasteiger partial charge on any atom is -0.388 e. The summed E-state index contributed by atoms with van der Waals surface area (Å²) in [6, 6.07) is 18.8. The van der Waals surface area contributed by atoms with Gasteiger partial charge in [0.25, 0.3) is 5.91 Å². The largest absolute Gasteiger partial charge is 0.388 e. The van der Waals surface area contributed by atoms with Crippen LogP contribution >= 0.6 is 0 Å². The van der Waals surface area contributed by atoms with E-state index in [4.69, 9.17) is 4.74 Å². The molecule has 3 N–H and O–H groups in total. The highest BCUT2D eigenvalue weighted by Gasteiger charge is 2.44. The van der Waals surface area contributed by atoms with Crippen LogP contribution in [0.1, 0.15) is 16.8 Å². The first kappa shape index (κ1) is 22.3. The van der Waals surface area contributed by atoms with Crippen LogP contribution in [0.3, 0.4) is 0 Å². The molecule has 0 aromatic heterocycles. The van der Waals surface area contributed by atoms with Crippen LogP contribution < -0.4 is 10.2 Å². The number of nitrogens with zero attached hydrogens (tertiary/aromatic N) is 2. The second kappa shape index (κ2) is 10.1. The van der Waals surface area contributed by atoms with Crippen LogP contribution in [0.15, 0.2) is 60.7 Å². The van der Waals surface area contributed by atoms with Crippen LogP contribution in [-0.2, 0) is 9.53 Å². The summed E-state index contributed by atoms with van der Waals surface area (Å²) in [4.78, 5) is 29.0. The second-order valence-electron chi connectivity index (χ2n) is 8.18. The Labute approximate surface area is 187 Å². The third kappa shape index (κ3) is 5.09. The zero-order chi connectivity index (χ0) is 22.5. The number of rotatable bonds is 6. The lowest BCUT2D eigenvalue weighted by molar-refractivity contribution is -0.135. The molecule has 170 valence electrons. The SMILES string of the molecule is O=C(NCC1OC(CC(=O)N2CCN(c3ccccc3)CC2)C(O)C1O)c1ccccc1. The quantitative estimate of drug-likeness (QED) is 0.611. The Kier molecular flexibility index (Phi) is 7.04. The van der Waals surface area contributed by atoms with Gasteiger partial charge in [-0.25, -0.2) is 0 Å². The summed E-state index contributed by atoms with van der Waals surface area (Å²) < 4.78 is 5.75. The van der Waals surface area contributed by atoms with Crippen LogP contribution in [0, 0.1) is 0 Å². The highest BCUT2D eigenvalue weighted by molar-refractivity contribution is 5.94. The molecule has 0 saturated carbocycles. The lowest BCUT2D eigenvalue weighted by Gasteiger charge is -2.36. The van der Waals surface area contributed by atoms with Crippen molar-refractivity contribution in [2.75, 3.05) is 37.6 Å². The number of hydrogen-bond donors (Lipinski definition) is 3. The summed E-state index contributed by atoms with van der Waals surface area (Å²) >= 11 is 0. The number of nitrogens with one attached hydrogen (secondary N) is 1. The number of amides is 2. The maximum absolute atomic E-state index is 12.8. The molecule has 0 aliphatic carbocycles. The summed E-state index contributed by atoms with van der Waals surface area (Å²) in [7, 11) is 0. The van der Waals surface area contributed by atoms with Crippen molar-refractivity contribution >= 4 is 17.5 Å². The molecule has 8 heteroatoms. The molecule has 0 radical (unpaired) electrons. The molecule has 0 bridgehead atoms. The van der Waals surface area contributed by atoms with E-state index in [0.717, 1.165) is 18.8 Å². The fourth-order valence-electron chi connectivity index (χ4n) is 4.20. The molecule has 2 saturated heterocycles. The lowest BCUT2D eigenvalue weighted by atomic mass is 10.0. The molecule has 2 fully saturated rings. The Morgan fingerprint density at radius 3 is 2.12 bits per heavy atom.